The predicted molar refractivity (Wildman–Crippen MR) is 138 cm³/mol. The van der Waals surface area contributed by atoms with Gasteiger partial charge in [0.2, 0.25) is 11.8 Å². The van der Waals surface area contributed by atoms with Crippen molar-refractivity contribution in [3.63, 3.8) is 0 Å². The molecule has 2 N–H and O–H groups in total. The Bertz CT molecular complexity index is 1310. The second-order valence-corrected chi connectivity index (χ2v) is 8.03. The van der Waals surface area contributed by atoms with Gasteiger partial charge in [-0.05, 0) is 62.2 Å². The number of rotatable bonds is 10. The van der Waals surface area contributed by atoms with Crippen LogP contribution >= 0.6 is 0 Å². The van der Waals surface area contributed by atoms with Crippen molar-refractivity contribution in [2.24, 2.45) is 5.10 Å². The lowest BCUT2D eigenvalue weighted by molar-refractivity contribution is -0.126. The molecule has 0 bridgehead atoms. The number of aryl methyl sites for hydroxylation is 2. The molecule has 0 aliphatic carbocycles. The molecule has 36 heavy (non-hydrogen) atoms. The molecular weight excluding hydrogens is 456 g/mol. The quantitative estimate of drug-likeness (QED) is 0.247. The van der Waals surface area contributed by atoms with Crippen molar-refractivity contribution in [2.75, 3.05) is 11.9 Å². The van der Waals surface area contributed by atoms with Crippen molar-refractivity contribution in [3.8, 4) is 17.6 Å². The highest BCUT2D eigenvalue weighted by molar-refractivity contribution is 6.04. The van der Waals surface area contributed by atoms with E-state index in [0.29, 0.717) is 34.9 Å². The standard InChI is InChI=1S/C28H28N4O4/c1-4-35-26-14-21(10-12-25(26)36-18-23-8-6-5-7-22(23)16-29)17-30-32-28(34)15-27(33)31-24-11-9-19(2)13-20(24)3/h5-14,17H,4,15,18H2,1-3H3,(H,31,33)(H,32,34). The van der Waals surface area contributed by atoms with Crippen molar-refractivity contribution < 1.29 is 19.1 Å². The molecular formula is C28H28N4O4. The van der Waals surface area contributed by atoms with Gasteiger partial charge in [-0.2, -0.15) is 10.4 Å². The van der Waals surface area contributed by atoms with Crippen LogP contribution < -0.4 is 20.2 Å². The Kier molecular flexibility index (Phi) is 9.18. The summed E-state index contributed by atoms with van der Waals surface area (Å²) in [5.41, 5.74) is 7.05. The van der Waals surface area contributed by atoms with Gasteiger partial charge in [-0.3, -0.25) is 9.59 Å². The van der Waals surface area contributed by atoms with E-state index in [4.69, 9.17) is 9.47 Å². The minimum atomic E-state index is -0.533. The molecule has 0 heterocycles. The van der Waals surface area contributed by atoms with Crippen LogP contribution in [0.1, 0.15) is 41.2 Å². The Morgan fingerprint density at radius 1 is 1.00 bits per heavy atom. The summed E-state index contributed by atoms with van der Waals surface area (Å²) in [6.45, 7) is 6.37. The summed E-state index contributed by atoms with van der Waals surface area (Å²) >= 11 is 0. The first-order chi connectivity index (χ1) is 17.4. The highest BCUT2D eigenvalue weighted by atomic mass is 16.5. The summed E-state index contributed by atoms with van der Waals surface area (Å²) in [6, 6.07) is 20.3. The molecule has 8 nitrogen and oxygen atoms in total. The fraction of sp³-hybridized carbons (Fsp3) is 0.214. The molecule has 2 amide bonds. The van der Waals surface area contributed by atoms with E-state index in [0.717, 1.165) is 16.7 Å². The number of nitrogens with one attached hydrogen (secondary N) is 2. The normalized spacial score (nSPS) is 10.5. The number of anilines is 1. The van der Waals surface area contributed by atoms with E-state index in [2.05, 4.69) is 21.9 Å². The maximum atomic E-state index is 12.2. The molecule has 0 unspecified atom stereocenters. The van der Waals surface area contributed by atoms with Crippen LogP contribution in [0.25, 0.3) is 0 Å². The summed E-state index contributed by atoms with van der Waals surface area (Å²) in [4.78, 5) is 24.3. The van der Waals surface area contributed by atoms with Gasteiger partial charge in [0.15, 0.2) is 11.5 Å². The predicted octanol–water partition coefficient (Wildman–Crippen LogP) is 4.63. The molecule has 0 aliphatic rings. The Labute approximate surface area is 210 Å². The molecule has 3 rings (SSSR count). The zero-order chi connectivity index (χ0) is 25.9. The van der Waals surface area contributed by atoms with E-state index in [1.165, 1.54) is 6.21 Å². The second kappa shape index (κ2) is 12.7. The number of carbonyl (C=O) groups is 2. The molecule has 0 saturated heterocycles. The molecule has 3 aromatic carbocycles. The number of nitriles is 1. The Hall–Kier alpha value is -4.64. The molecule has 0 radical (unpaired) electrons. The van der Waals surface area contributed by atoms with Crippen molar-refractivity contribution in [1.82, 2.24) is 5.43 Å². The number of carbonyl (C=O) groups excluding carboxylic acids is 2. The first-order valence-corrected chi connectivity index (χ1v) is 11.5. The van der Waals surface area contributed by atoms with E-state index >= 15 is 0 Å². The van der Waals surface area contributed by atoms with E-state index in [9.17, 15) is 14.9 Å². The van der Waals surface area contributed by atoms with Crippen LogP contribution in [-0.2, 0) is 16.2 Å². The average Bonchev–Trinajstić information content (AvgIpc) is 2.85. The third kappa shape index (κ3) is 7.43. The van der Waals surface area contributed by atoms with Crippen LogP contribution in [0, 0.1) is 25.2 Å². The maximum Gasteiger partial charge on any atom is 0.249 e. The van der Waals surface area contributed by atoms with Gasteiger partial charge in [0.05, 0.1) is 24.5 Å². The van der Waals surface area contributed by atoms with E-state index in [1.807, 2.05) is 51.1 Å². The number of nitrogens with zero attached hydrogens (tertiary/aromatic N) is 2. The van der Waals surface area contributed by atoms with Crippen LogP contribution in [0.4, 0.5) is 5.69 Å². The summed E-state index contributed by atoms with van der Waals surface area (Å²) in [6.07, 6.45) is 1.10. The van der Waals surface area contributed by atoms with Crippen molar-refractivity contribution >= 4 is 23.7 Å². The summed E-state index contributed by atoms with van der Waals surface area (Å²) in [5, 5.41) is 15.9. The molecule has 0 atom stereocenters. The van der Waals surface area contributed by atoms with Crippen LogP contribution in [0.15, 0.2) is 65.8 Å². The van der Waals surface area contributed by atoms with Crippen molar-refractivity contribution in [2.45, 2.75) is 33.8 Å². The third-order valence-corrected chi connectivity index (χ3v) is 5.17. The van der Waals surface area contributed by atoms with Gasteiger partial charge in [0, 0.05) is 11.3 Å². The zero-order valence-electron chi connectivity index (χ0n) is 20.5. The van der Waals surface area contributed by atoms with Crippen LogP contribution in [0.2, 0.25) is 0 Å². The zero-order valence-corrected chi connectivity index (χ0v) is 20.5. The molecule has 0 fully saturated rings. The average molecular weight is 485 g/mol. The number of ether oxygens (including phenoxy) is 2. The monoisotopic (exact) mass is 484 g/mol. The van der Waals surface area contributed by atoms with Gasteiger partial charge in [0.25, 0.3) is 0 Å². The van der Waals surface area contributed by atoms with Gasteiger partial charge in [-0.1, -0.05) is 35.9 Å². The van der Waals surface area contributed by atoms with Gasteiger partial charge < -0.3 is 14.8 Å². The Morgan fingerprint density at radius 3 is 2.56 bits per heavy atom. The highest BCUT2D eigenvalue weighted by Crippen LogP contribution is 2.29. The Balaban J connectivity index is 1.57. The second-order valence-electron chi connectivity index (χ2n) is 8.03. The number of amides is 2. The van der Waals surface area contributed by atoms with Crippen LogP contribution in [0.5, 0.6) is 11.5 Å². The molecule has 3 aromatic rings. The SMILES string of the molecule is CCOc1cc(C=NNC(=O)CC(=O)Nc2ccc(C)cc2C)ccc1OCc1ccccc1C#N. The minimum Gasteiger partial charge on any atom is -0.490 e. The number of benzene rings is 3. The van der Waals surface area contributed by atoms with E-state index in [-0.39, 0.29) is 13.0 Å². The summed E-state index contributed by atoms with van der Waals surface area (Å²) in [5.74, 6) is 0.0753. The van der Waals surface area contributed by atoms with Gasteiger partial charge >= 0.3 is 0 Å². The fourth-order valence-electron chi connectivity index (χ4n) is 3.42. The molecule has 0 aromatic heterocycles. The van der Waals surface area contributed by atoms with Crippen LogP contribution in [0.3, 0.4) is 0 Å². The van der Waals surface area contributed by atoms with Gasteiger partial charge in [-0.25, -0.2) is 5.43 Å². The number of hydrogen-bond donors (Lipinski definition) is 2. The summed E-state index contributed by atoms with van der Waals surface area (Å²) in [7, 11) is 0. The Morgan fingerprint density at radius 2 is 1.81 bits per heavy atom. The highest BCUT2D eigenvalue weighted by Gasteiger charge is 2.11. The molecule has 0 spiro atoms. The first-order valence-electron chi connectivity index (χ1n) is 11.5. The van der Waals surface area contributed by atoms with Gasteiger partial charge in [-0.15, -0.1) is 0 Å². The summed E-state index contributed by atoms with van der Waals surface area (Å²) < 4.78 is 11.6. The number of hydrogen-bond acceptors (Lipinski definition) is 6. The fourth-order valence-corrected chi connectivity index (χ4v) is 3.42. The molecule has 8 heteroatoms. The lowest BCUT2D eigenvalue weighted by Crippen LogP contribution is -2.24. The minimum absolute atomic E-state index is 0.220. The van der Waals surface area contributed by atoms with Crippen molar-refractivity contribution in [1.29, 1.82) is 5.26 Å². The maximum absolute atomic E-state index is 12.2. The third-order valence-electron chi connectivity index (χ3n) is 5.17. The van der Waals surface area contributed by atoms with Crippen LogP contribution in [-0.4, -0.2) is 24.6 Å². The number of hydrazone groups is 1. The lowest BCUT2D eigenvalue weighted by Gasteiger charge is -2.13. The van der Waals surface area contributed by atoms with Gasteiger partial charge in [0.1, 0.15) is 13.0 Å². The molecule has 0 aliphatic heterocycles. The van der Waals surface area contributed by atoms with E-state index in [1.54, 1.807) is 30.3 Å². The largest absolute Gasteiger partial charge is 0.490 e. The lowest BCUT2D eigenvalue weighted by atomic mass is 10.1. The topological polar surface area (TPSA) is 113 Å². The van der Waals surface area contributed by atoms with E-state index < -0.39 is 11.8 Å². The first kappa shape index (κ1) is 26.0. The molecule has 0 saturated carbocycles. The smallest absolute Gasteiger partial charge is 0.249 e. The van der Waals surface area contributed by atoms with Crippen molar-refractivity contribution in [3.05, 3.63) is 88.5 Å². The molecule has 184 valence electrons.